The lowest BCUT2D eigenvalue weighted by molar-refractivity contribution is -0.384. The summed E-state index contributed by atoms with van der Waals surface area (Å²) in [6.07, 6.45) is 3.71. The van der Waals surface area contributed by atoms with Gasteiger partial charge in [0.2, 0.25) is 0 Å². The third kappa shape index (κ3) is 5.83. The standard InChI is InChI=1S/C27H34N4O4/c1-20-15-23(22-7-6-8-24(17-22)31(33)34)16-21(2)30(20)19-25(32)18-28-11-13-29(14-12-28)26-9-4-5-10-27(26)35-3/h4-10,15-17,23,25,32H,11-14,18-19H2,1-3H3. The Labute approximate surface area is 206 Å². The zero-order valence-corrected chi connectivity index (χ0v) is 20.6. The number of nitro groups is 1. The van der Waals surface area contributed by atoms with Crippen LogP contribution in [0.3, 0.4) is 0 Å². The van der Waals surface area contributed by atoms with E-state index in [9.17, 15) is 15.2 Å². The molecule has 8 heteroatoms. The number of aliphatic hydroxyl groups is 1. The molecule has 8 nitrogen and oxygen atoms in total. The number of methoxy groups -OCH3 is 1. The first kappa shape index (κ1) is 24.8. The number of ether oxygens (including phenoxy) is 1. The number of benzene rings is 2. The van der Waals surface area contributed by atoms with Gasteiger partial charge in [0.05, 0.1) is 23.8 Å². The largest absolute Gasteiger partial charge is 0.495 e. The van der Waals surface area contributed by atoms with E-state index in [-0.39, 0.29) is 16.5 Å². The van der Waals surface area contributed by atoms with Crippen LogP contribution in [0, 0.1) is 10.1 Å². The number of nitro benzene ring substituents is 1. The van der Waals surface area contributed by atoms with Crippen LogP contribution >= 0.6 is 0 Å². The Morgan fingerprint density at radius 3 is 2.37 bits per heavy atom. The van der Waals surface area contributed by atoms with Crippen LogP contribution in [0.1, 0.15) is 25.3 Å². The van der Waals surface area contributed by atoms with E-state index in [0.29, 0.717) is 13.1 Å². The van der Waals surface area contributed by atoms with E-state index in [1.54, 1.807) is 19.2 Å². The molecule has 35 heavy (non-hydrogen) atoms. The highest BCUT2D eigenvalue weighted by atomic mass is 16.6. The molecular formula is C27H34N4O4. The molecule has 0 bridgehead atoms. The van der Waals surface area contributed by atoms with Crippen molar-refractivity contribution in [3.05, 3.63) is 87.8 Å². The van der Waals surface area contributed by atoms with E-state index in [1.807, 2.05) is 38.1 Å². The number of anilines is 1. The Hall–Kier alpha value is -3.36. The quantitative estimate of drug-likeness (QED) is 0.454. The van der Waals surface area contributed by atoms with Gasteiger partial charge in [-0.1, -0.05) is 36.4 Å². The molecule has 1 saturated heterocycles. The minimum Gasteiger partial charge on any atom is -0.495 e. The van der Waals surface area contributed by atoms with Gasteiger partial charge in [-0.15, -0.1) is 0 Å². The average molecular weight is 479 g/mol. The van der Waals surface area contributed by atoms with Gasteiger partial charge in [0.15, 0.2) is 0 Å². The number of aliphatic hydroxyl groups excluding tert-OH is 1. The van der Waals surface area contributed by atoms with Gasteiger partial charge in [-0.3, -0.25) is 15.0 Å². The van der Waals surface area contributed by atoms with Crippen molar-refractivity contribution in [2.45, 2.75) is 25.9 Å². The van der Waals surface area contributed by atoms with Gasteiger partial charge < -0.3 is 19.6 Å². The van der Waals surface area contributed by atoms with Gasteiger partial charge in [0.25, 0.3) is 5.69 Å². The molecule has 2 aliphatic heterocycles. The van der Waals surface area contributed by atoms with E-state index >= 15 is 0 Å². The second kappa shape index (κ2) is 10.9. The third-order valence-corrected chi connectivity index (χ3v) is 6.82. The summed E-state index contributed by atoms with van der Waals surface area (Å²) in [5.74, 6) is 0.866. The molecule has 2 heterocycles. The first-order chi connectivity index (χ1) is 16.9. The molecule has 2 aromatic carbocycles. The molecule has 0 amide bonds. The number of non-ortho nitro benzene ring substituents is 1. The predicted molar refractivity (Wildman–Crippen MR) is 138 cm³/mol. The number of hydrogen-bond donors (Lipinski definition) is 1. The lowest BCUT2D eigenvalue weighted by Gasteiger charge is -2.38. The molecule has 1 fully saturated rings. The number of para-hydroxylation sites is 2. The zero-order chi connectivity index (χ0) is 24.9. The van der Waals surface area contributed by atoms with Crippen LogP contribution in [0.25, 0.3) is 0 Å². The first-order valence-electron chi connectivity index (χ1n) is 12.0. The van der Waals surface area contributed by atoms with Crippen molar-refractivity contribution < 1.29 is 14.8 Å². The van der Waals surface area contributed by atoms with E-state index in [2.05, 4.69) is 32.9 Å². The van der Waals surface area contributed by atoms with Crippen molar-refractivity contribution in [2.75, 3.05) is 51.3 Å². The lowest BCUT2D eigenvalue weighted by Crippen LogP contribution is -2.50. The van der Waals surface area contributed by atoms with Crippen LogP contribution in [0.2, 0.25) is 0 Å². The van der Waals surface area contributed by atoms with Crippen molar-refractivity contribution in [1.82, 2.24) is 9.80 Å². The normalized spacial score (nSPS) is 18.2. The Balaban J connectivity index is 1.32. The van der Waals surface area contributed by atoms with Crippen LogP contribution in [-0.4, -0.2) is 72.3 Å². The Bertz CT molecular complexity index is 1090. The number of piperazine rings is 1. The van der Waals surface area contributed by atoms with E-state index in [4.69, 9.17) is 4.74 Å². The highest BCUT2D eigenvalue weighted by Gasteiger charge is 2.25. The van der Waals surface area contributed by atoms with Crippen molar-refractivity contribution in [2.24, 2.45) is 0 Å². The van der Waals surface area contributed by atoms with Crippen LogP contribution in [-0.2, 0) is 0 Å². The second-order valence-corrected chi connectivity index (χ2v) is 9.22. The predicted octanol–water partition coefficient (Wildman–Crippen LogP) is 3.99. The molecule has 0 radical (unpaired) electrons. The molecule has 0 saturated carbocycles. The fourth-order valence-electron chi connectivity index (χ4n) is 4.98. The van der Waals surface area contributed by atoms with E-state index in [1.165, 1.54) is 6.07 Å². The van der Waals surface area contributed by atoms with Gasteiger partial charge >= 0.3 is 0 Å². The minimum atomic E-state index is -0.492. The average Bonchev–Trinajstić information content (AvgIpc) is 2.86. The number of allylic oxidation sites excluding steroid dienone is 4. The molecular weight excluding hydrogens is 444 g/mol. The van der Waals surface area contributed by atoms with Crippen molar-refractivity contribution in [1.29, 1.82) is 0 Å². The molecule has 2 aliphatic rings. The fourth-order valence-corrected chi connectivity index (χ4v) is 4.98. The van der Waals surface area contributed by atoms with E-state index < -0.39 is 6.10 Å². The minimum absolute atomic E-state index is 0.0219. The molecule has 0 spiro atoms. The van der Waals surface area contributed by atoms with Crippen molar-refractivity contribution >= 4 is 11.4 Å². The van der Waals surface area contributed by atoms with Gasteiger partial charge in [-0.05, 0) is 31.5 Å². The SMILES string of the molecule is COc1ccccc1N1CCN(CC(O)CN2C(C)=CC(c3cccc([N+](=O)[O-])c3)C=C2C)CC1. The summed E-state index contributed by atoms with van der Waals surface area (Å²) >= 11 is 0. The Kier molecular flexibility index (Phi) is 7.73. The number of β-amino-alcohol motifs (C(OH)–C–C–N with tert-alkyl or cyclic N) is 1. The maximum atomic E-state index is 11.1. The molecule has 0 aliphatic carbocycles. The summed E-state index contributed by atoms with van der Waals surface area (Å²) in [7, 11) is 1.70. The Morgan fingerprint density at radius 1 is 1.03 bits per heavy atom. The van der Waals surface area contributed by atoms with Gasteiger partial charge in [0.1, 0.15) is 5.75 Å². The van der Waals surface area contributed by atoms with E-state index in [0.717, 1.165) is 54.6 Å². The highest BCUT2D eigenvalue weighted by Crippen LogP contribution is 2.32. The topological polar surface area (TPSA) is 82.3 Å². The summed E-state index contributed by atoms with van der Waals surface area (Å²) in [5, 5.41) is 22.0. The number of hydrogen-bond acceptors (Lipinski definition) is 7. The lowest BCUT2D eigenvalue weighted by atomic mass is 9.93. The van der Waals surface area contributed by atoms with Crippen LogP contribution in [0.4, 0.5) is 11.4 Å². The first-order valence-corrected chi connectivity index (χ1v) is 12.0. The van der Waals surface area contributed by atoms with Crippen molar-refractivity contribution in [3.63, 3.8) is 0 Å². The summed E-state index contributed by atoms with van der Waals surface area (Å²) in [6.45, 7) is 8.73. The van der Waals surface area contributed by atoms with Crippen molar-refractivity contribution in [3.8, 4) is 5.75 Å². The highest BCUT2D eigenvalue weighted by molar-refractivity contribution is 5.58. The zero-order valence-electron chi connectivity index (χ0n) is 20.6. The molecule has 186 valence electrons. The van der Waals surface area contributed by atoms with Crippen LogP contribution in [0.5, 0.6) is 5.75 Å². The molecule has 0 aromatic heterocycles. The van der Waals surface area contributed by atoms with Gasteiger partial charge in [0, 0.05) is 68.7 Å². The molecule has 2 aromatic rings. The maximum absolute atomic E-state index is 11.1. The monoisotopic (exact) mass is 478 g/mol. The molecule has 1 N–H and O–H groups in total. The molecule has 4 rings (SSSR count). The van der Waals surface area contributed by atoms with Gasteiger partial charge in [-0.25, -0.2) is 0 Å². The smallest absolute Gasteiger partial charge is 0.269 e. The second-order valence-electron chi connectivity index (χ2n) is 9.22. The summed E-state index contributed by atoms with van der Waals surface area (Å²) < 4.78 is 5.51. The number of nitrogens with zero attached hydrogens (tertiary/aromatic N) is 4. The summed E-state index contributed by atoms with van der Waals surface area (Å²) in [5.41, 5.74) is 4.20. The Morgan fingerprint density at radius 2 is 1.71 bits per heavy atom. The van der Waals surface area contributed by atoms with Gasteiger partial charge in [-0.2, -0.15) is 0 Å². The molecule has 1 unspecified atom stereocenters. The number of rotatable bonds is 8. The molecule has 1 atom stereocenters. The summed E-state index contributed by atoms with van der Waals surface area (Å²) in [4.78, 5) is 17.6. The van der Waals surface area contributed by atoms with Crippen LogP contribution in [0.15, 0.2) is 72.1 Å². The van der Waals surface area contributed by atoms with Crippen LogP contribution < -0.4 is 9.64 Å². The fraction of sp³-hybridized carbons (Fsp3) is 0.407. The maximum Gasteiger partial charge on any atom is 0.269 e. The third-order valence-electron chi connectivity index (χ3n) is 6.82. The summed E-state index contributed by atoms with van der Waals surface area (Å²) in [6, 6.07) is 14.9.